The van der Waals surface area contributed by atoms with Gasteiger partial charge in [-0.1, -0.05) is 30.3 Å². The lowest BCUT2D eigenvalue weighted by molar-refractivity contribution is 0.0910. The fourth-order valence-electron chi connectivity index (χ4n) is 2.34. The summed E-state index contributed by atoms with van der Waals surface area (Å²) in [5.41, 5.74) is 1.38. The van der Waals surface area contributed by atoms with Crippen LogP contribution in [-0.4, -0.2) is 40.0 Å². The van der Waals surface area contributed by atoms with Gasteiger partial charge in [-0.2, -0.15) is 5.10 Å². The zero-order valence-corrected chi connectivity index (χ0v) is 11.5. The summed E-state index contributed by atoms with van der Waals surface area (Å²) in [4.78, 5) is 12.2. The summed E-state index contributed by atoms with van der Waals surface area (Å²) in [5, 5.41) is 16.4. The van der Waals surface area contributed by atoms with E-state index in [1.165, 1.54) is 0 Å². The number of nitrogens with zero attached hydrogens (tertiary/aromatic N) is 2. The minimum atomic E-state index is -0.336. The summed E-state index contributed by atoms with van der Waals surface area (Å²) in [5.74, 6) is 0.319. The molecule has 1 amide bonds. The van der Waals surface area contributed by atoms with Gasteiger partial charge in [0, 0.05) is 6.07 Å². The lowest BCUT2D eigenvalue weighted by Crippen LogP contribution is -2.39. The molecular formula is C15H17N3O3. The number of carbonyl (C=O) groups excluding carboxylic acids is 1. The van der Waals surface area contributed by atoms with Crippen LogP contribution < -0.4 is 10.1 Å². The predicted molar refractivity (Wildman–Crippen MR) is 76.2 cm³/mol. The molecule has 1 atom stereocenters. The number of nitrogens with one attached hydrogen (secondary N) is 1. The minimum absolute atomic E-state index is 0.120. The number of rotatable bonds is 5. The molecule has 2 aromatic rings. The second kappa shape index (κ2) is 5.97. The first-order valence-corrected chi connectivity index (χ1v) is 6.92. The average Bonchev–Trinajstić information content (AvgIpc) is 3.08. The van der Waals surface area contributed by atoms with Gasteiger partial charge in [-0.3, -0.25) is 4.79 Å². The Bertz CT molecular complexity index is 603. The van der Waals surface area contributed by atoms with Gasteiger partial charge < -0.3 is 15.2 Å². The first-order chi connectivity index (χ1) is 10.3. The second-order valence-corrected chi connectivity index (χ2v) is 4.98. The van der Waals surface area contributed by atoms with E-state index in [9.17, 15) is 9.90 Å². The van der Waals surface area contributed by atoms with E-state index in [1.54, 1.807) is 10.7 Å². The Hall–Kier alpha value is -2.34. The molecule has 1 aromatic heterocycles. The number of fused-ring (bicyclic) bond motifs is 1. The summed E-state index contributed by atoms with van der Waals surface area (Å²) in [6, 6.07) is 11.0. The van der Waals surface area contributed by atoms with E-state index in [1.807, 2.05) is 30.3 Å². The molecule has 0 spiro atoms. The predicted octanol–water partition coefficient (Wildman–Crippen LogP) is 0.609. The van der Waals surface area contributed by atoms with Gasteiger partial charge in [0.2, 0.25) is 5.88 Å². The Morgan fingerprint density at radius 2 is 2.24 bits per heavy atom. The van der Waals surface area contributed by atoms with Crippen molar-refractivity contribution in [2.45, 2.75) is 19.0 Å². The summed E-state index contributed by atoms with van der Waals surface area (Å²) >= 11 is 0. The van der Waals surface area contributed by atoms with Gasteiger partial charge in [-0.15, -0.1) is 0 Å². The lowest BCUT2D eigenvalue weighted by atomic mass is 10.1. The number of aromatic nitrogens is 2. The standard InChI is InChI=1S/C15H17N3O3/c19-10-12(8-11-4-2-1-3-5-11)16-15(20)13-9-14-18(17-13)6-7-21-14/h1-5,9,12,19H,6-8,10H2,(H,16,20). The van der Waals surface area contributed by atoms with Crippen LogP contribution in [0.1, 0.15) is 16.1 Å². The normalized spacial score (nSPS) is 14.3. The third-order valence-corrected chi connectivity index (χ3v) is 3.41. The van der Waals surface area contributed by atoms with Crippen LogP contribution in [0.15, 0.2) is 36.4 Å². The number of hydrogen-bond acceptors (Lipinski definition) is 4. The van der Waals surface area contributed by atoms with E-state index >= 15 is 0 Å². The number of hydrogen-bond donors (Lipinski definition) is 2. The molecule has 2 heterocycles. The van der Waals surface area contributed by atoms with E-state index in [0.29, 0.717) is 31.1 Å². The van der Waals surface area contributed by atoms with Crippen molar-refractivity contribution in [1.29, 1.82) is 0 Å². The van der Waals surface area contributed by atoms with Crippen LogP contribution in [0.4, 0.5) is 0 Å². The Morgan fingerprint density at radius 3 is 2.95 bits per heavy atom. The smallest absolute Gasteiger partial charge is 0.272 e. The molecule has 1 aliphatic rings. The van der Waals surface area contributed by atoms with Crippen molar-refractivity contribution in [3.05, 3.63) is 47.7 Å². The number of ether oxygens (including phenoxy) is 1. The third-order valence-electron chi connectivity index (χ3n) is 3.41. The summed E-state index contributed by atoms with van der Waals surface area (Å²) in [6.45, 7) is 1.14. The lowest BCUT2D eigenvalue weighted by Gasteiger charge is -2.15. The van der Waals surface area contributed by atoms with Crippen molar-refractivity contribution >= 4 is 5.91 Å². The topological polar surface area (TPSA) is 76.4 Å². The van der Waals surface area contributed by atoms with E-state index in [0.717, 1.165) is 5.56 Å². The van der Waals surface area contributed by atoms with Crippen LogP contribution in [0.3, 0.4) is 0 Å². The highest BCUT2D eigenvalue weighted by molar-refractivity contribution is 5.92. The molecule has 3 rings (SSSR count). The third kappa shape index (κ3) is 3.05. The fourth-order valence-corrected chi connectivity index (χ4v) is 2.34. The monoisotopic (exact) mass is 287 g/mol. The van der Waals surface area contributed by atoms with Gasteiger partial charge in [0.05, 0.1) is 19.2 Å². The number of carbonyl (C=O) groups is 1. The zero-order chi connectivity index (χ0) is 14.7. The number of benzene rings is 1. The molecule has 21 heavy (non-hydrogen) atoms. The van der Waals surface area contributed by atoms with Crippen LogP contribution in [0, 0.1) is 0 Å². The van der Waals surface area contributed by atoms with E-state index in [2.05, 4.69) is 10.4 Å². The van der Waals surface area contributed by atoms with Crippen molar-refractivity contribution < 1.29 is 14.6 Å². The largest absolute Gasteiger partial charge is 0.476 e. The fraction of sp³-hybridized carbons (Fsp3) is 0.333. The SMILES string of the molecule is O=C(NC(CO)Cc1ccccc1)c1cc2n(n1)CCO2. The van der Waals surface area contributed by atoms with Crippen molar-refractivity contribution in [2.24, 2.45) is 0 Å². The maximum absolute atomic E-state index is 12.2. The molecule has 2 N–H and O–H groups in total. The maximum Gasteiger partial charge on any atom is 0.272 e. The summed E-state index contributed by atoms with van der Waals surface area (Å²) < 4.78 is 6.99. The molecule has 0 bridgehead atoms. The highest BCUT2D eigenvalue weighted by atomic mass is 16.5. The Balaban J connectivity index is 1.64. The average molecular weight is 287 g/mol. The Morgan fingerprint density at radius 1 is 1.43 bits per heavy atom. The van der Waals surface area contributed by atoms with E-state index < -0.39 is 0 Å². The molecule has 0 aliphatic carbocycles. The Kier molecular flexibility index (Phi) is 3.87. The molecule has 1 aliphatic heterocycles. The molecule has 0 fully saturated rings. The Labute approximate surface area is 122 Å². The van der Waals surface area contributed by atoms with E-state index in [4.69, 9.17) is 4.74 Å². The first-order valence-electron chi connectivity index (χ1n) is 6.92. The van der Waals surface area contributed by atoms with Gasteiger partial charge >= 0.3 is 0 Å². The summed E-state index contributed by atoms with van der Waals surface area (Å²) in [7, 11) is 0. The van der Waals surface area contributed by atoms with Crippen LogP contribution >= 0.6 is 0 Å². The minimum Gasteiger partial charge on any atom is -0.476 e. The molecule has 1 unspecified atom stereocenters. The van der Waals surface area contributed by atoms with Gasteiger partial charge in [0.25, 0.3) is 5.91 Å². The van der Waals surface area contributed by atoms with Crippen molar-refractivity contribution in [3.63, 3.8) is 0 Å². The highest BCUT2D eigenvalue weighted by Gasteiger charge is 2.21. The molecule has 0 saturated carbocycles. The van der Waals surface area contributed by atoms with Crippen molar-refractivity contribution in [3.8, 4) is 5.88 Å². The highest BCUT2D eigenvalue weighted by Crippen LogP contribution is 2.18. The van der Waals surface area contributed by atoms with Crippen molar-refractivity contribution in [1.82, 2.24) is 15.1 Å². The molecule has 1 aromatic carbocycles. The zero-order valence-electron chi connectivity index (χ0n) is 11.5. The van der Waals surface area contributed by atoms with Crippen molar-refractivity contribution in [2.75, 3.05) is 13.2 Å². The van der Waals surface area contributed by atoms with Gasteiger partial charge in [0.15, 0.2) is 5.69 Å². The molecule has 6 nitrogen and oxygen atoms in total. The van der Waals surface area contributed by atoms with Crippen LogP contribution in [-0.2, 0) is 13.0 Å². The number of aliphatic hydroxyl groups is 1. The molecule has 0 saturated heterocycles. The number of aliphatic hydroxyl groups excluding tert-OH is 1. The molecule has 0 radical (unpaired) electrons. The first kappa shape index (κ1) is 13.6. The van der Waals surface area contributed by atoms with Crippen LogP contribution in [0.25, 0.3) is 0 Å². The van der Waals surface area contributed by atoms with Crippen LogP contribution in [0.2, 0.25) is 0 Å². The molecule has 6 heteroatoms. The summed E-state index contributed by atoms with van der Waals surface area (Å²) in [6.07, 6.45) is 0.577. The van der Waals surface area contributed by atoms with E-state index in [-0.39, 0.29) is 18.6 Å². The van der Waals surface area contributed by atoms with Gasteiger partial charge in [-0.25, -0.2) is 4.68 Å². The van der Waals surface area contributed by atoms with Crippen LogP contribution in [0.5, 0.6) is 5.88 Å². The molecule has 110 valence electrons. The molecular weight excluding hydrogens is 270 g/mol. The maximum atomic E-state index is 12.2. The number of amides is 1. The second-order valence-electron chi connectivity index (χ2n) is 4.98. The van der Waals surface area contributed by atoms with Gasteiger partial charge in [-0.05, 0) is 12.0 Å². The van der Waals surface area contributed by atoms with Gasteiger partial charge in [0.1, 0.15) is 6.61 Å². The quantitative estimate of drug-likeness (QED) is 0.845.